The van der Waals surface area contributed by atoms with Crippen LogP contribution in [0.1, 0.15) is 42.3 Å². The molecule has 3 nitrogen and oxygen atoms in total. The van der Waals surface area contributed by atoms with Crippen LogP contribution in [0.25, 0.3) is 0 Å². The fraction of sp³-hybridized carbons (Fsp3) is 0.733. The molecular formula is C15H24N2O. The Morgan fingerprint density at radius 1 is 1.39 bits per heavy atom. The second-order valence-corrected chi connectivity index (χ2v) is 6.12. The first kappa shape index (κ1) is 12.2. The minimum absolute atomic E-state index is 0.222. The molecule has 2 aliphatic rings. The van der Waals surface area contributed by atoms with E-state index in [4.69, 9.17) is 0 Å². The molecule has 1 aromatic heterocycles. The van der Waals surface area contributed by atoms with Gasteiger partial charge in [0.05, 0.1) is 6.10 Å². The fourth-order valence-electron chi connectivity index (χ4n) is 3.63. The summed E-state index contributed by atoms with van der Waals surface area (Å²) in [6.07, 6.45) is 4.29. The Morgan fingerprint density at radius 2 is 2.22 bits per heavy atom. The van der Waals surface area contributed by atoms with Gasteiger partial charge in [0.1, 0.15) is 0 Å². The van der Waals surface area contributed by atoms with E-state index in [1.807, 2.05) is 0 Å². The first-order valence-electron chi connectivity index (χ1n) is 7.20. The zero-order valence-electron chi connectivity index (χ0n) is 11.5. The summed E-state index contributed by atoms with van der Waals surface area (Å²) in [6, 6.07) is 2.21. The van der Waals surface area contributed by atoms with Crippen LogP contribution in [-0.4, -0.2) is 34.7 Å². The number of nitrogens with zero attached hydrogens (tertiary/aromatic N) is 2. The van der Waals surface area contributed by atoms with E-state index in [2.05, 4.69) is 29.5 Å². The number of aliphatic hydroxyl groups excluding tert-OH is 1. The lowest BCUT2D eigenvalue weighted by Gasteiger charge is -2.22. The first-order chi connectivity index (χ1) is 8.65. The number of aryl methyl sites for hydroxylation is 1. The van der Waals surface area contributed by atoms with E-state index in [1.54, 1.807) is 0 Å². The number of hydrogen-bond donors (Lipinski definition) is 1. The van der Waals surface area contributed by atoms with Gasteiger partial charge in [0.25, 0.3) is 0 Å². The highest BCUT2D eigenvalue weighted by Crippen LogP contribution is 2.33. The van der Waals surface area contributed by atoms with Crippen LogP contribution in [-0.2, 0) is 13.0 Å². The Hall–Kier alpha value is -0.800. The second kappa shape index (κ2) is 4.71. The minimum atomic E-state index is -0.222. The number of aromatic nitrogens is 1. The number of likely N-dealkylation sites (tertiary alicyclic amines) is 1. The summed E-state index contributed by atoms with van der Waals surface area (Å²) in [6.45, 7) is 5.77. The SMILES string of the molecule is Cc1cc2c(n1CC1CCN(C)C1)CCCC2O. The molecule has 1 N–H and O–H groups in total. The van der Waals surface area contributed by atoms with E-state index in [0.29, 0.717) is 0 Å². The zero-order valence-corrected chi connectivity index (χ0v) is 11.5. The van der Waals surface area contributed by atoms with E-state index in [9.17, 15) is 5.11 Å². The van der Waals surface area contributed by atoms with Crippen LogP contribution in [0.4, 0.5) is 0 Å². The molecule has 3 rings (SSSR count). The number of fused-ring (bicyclic) bond motifs is 1. The van der Waals surface area contributed by atoms with Crippen molar-refractivity contribution in [1.82, 2.24) is 9.47 Å². The highest BCUT2D eigenvalue weighted by molar-refractivity contribution is 5.31. The Balaban J connectivity index is 1.83. The van der Waals surface area contributed by atoms with Crippen molar-refractivity contribution in [1.29, 1.82) is 0 Å². The van der Waals surface area contributed by atoms with Crippen molar-refractivity contribution in [2.45, 2.75) is 45.3 Å². The van der Waals surface area contributed by atoms with Gasteiger partial charge in [-0.2, -0.15) is 0 Å². The van der Waals surface area contributed by atoms with Crippen molar-refractivity contribution in [3.63, 3.8) is 0 Å². The van der Waals surface area contributed by atoms with Crippen LogP contribution in [0.5, 0.6) is 0 Å². The van der Waals surface area contributed by atoms with Gasteiger partial charge in [-0.3, -0.25) is 0 Å². The average molecular weight is 248 g/mol. The summed E-state index contributed by atoms with van der Waals surface area (Å²) < 4.78 is 2.47. The van der Waals surface area contributed by atoms with Crippen LogP contribution in [0, 0.1) is 12.8 Å². The topological polar surface area (TPSA) is 28.4 Å². The summed E-state index contributed by atoms with van der Waals surface area (Å²) in [7, 11) is 2.21. The van der Waals surface area contributed by atoms with Crippen LogP contribution in [0.2, 0.25) is 0 Å². The molecule has 0 radical (unpaired) electrons. The normalized spacial score (nSPS) is 28.6. The maximum absolute atomic E-state index is 10.1. The predicted octanol–water partition coefficient (Wildman–Crippen LogP) is 2.12. The van der Waals surface area contributed by atoms with E-state index < -0.39 is 0 Å². The fourth-order valence-corrected chi connectivity index (χ4v) is 3.63. The Morgan fingerprint density at radius 3 is 2.94 bits per heavy atom. The minimum Gasteiger partial charge on any atom is -0.388 e. The monoisotopic (exact) mass is 248 g/mol. The molecule has 2 atom stereocenters. The van der Waals surface area contributed by atoms with Gasteiger partial charge in [0, 0.05) is 30.0 Å². The molecule has 100 valence electrons. The molecule has 18 heavy (non-hydrogen) atoms. The van der Waals surface area contributed by atoms with Gasteiger partial charge in [0.2, 0.25) is 0 Å². The van der Waals surface area contributed by atoms with Crippen molar-refractivity contribution in [2.24, 2.45) is 5.92 Å². The predicted molar refractivity (Wildman–Crippen MR) is 72.7 cm³/mol. The van der Waals surface area contributed by atoms with Crippen LogP contribution >= 0.6 is 0 Å². The molecule has 0 amide bonds. The maximum Gasteiger partial charge on any atom is 0.0807 e. The third kappa shape index (κ3) is 2.10. The Labute approximate surface area is 109 Å². The zero-order chi connectivity index (χ0) is 12.7. The van der Waals surface area contributed by atoms with Gasteiger partial charge in [-0.25, -0.2) is 0 Å². The summed E-state index contributed by atoms with van der Waals surface area (Å²) in [5.74, 6) is 0.782. The second-order valence-electron chi connectivity index (χ2n) is 6.12. The van der Waals surface area contributed by atoms with Gasteiger partial charge in [-0.05, 0) is 58.2 Å². The summed E-state index contributed by atoms with van der Waals surface area (Å²) >= 11 is 0. The number of rotatable bonds is 2. The highest BCUT2D eigenvalue weighted by Gasteiger charge is 2.26. The number of hydrogen-bond acceptors (Lipinski definition) is 2. The molecule has 3 heteroatoms. The van der Waals surface area contributed by atoms with Gasteiger partial charge >= 0.3 is 0 Å². The van der Waals surface area contributed by atoms with Crippen molar-refractivity contribution in [3.05, 3.63) is 23.0 Å². The maximum atomic E-state index is 10.1. The van der Waals surface area contributed by atoms with Crippen LogP contribution < -0.4 is 0 Å². The largest absolute Gasteiger partial charge is 0.388 e. The van der Waals surface area contributed by atoms with Gasteiger partial charge in [0.15, 0.2) is 0 Å². The van der Waals surface area contributed by atoms with E-state index in [1.165, 1.54) is 36.5 Å². The molecule has 1 saturated heterocycles. The third-order valence-corrected chi connectivity index (χ3v) is 4.63. The molecule has 1 fully saturated rings. The molecule has 0 bridgehead atoms. The molecule has 0 saturated carbocycles. The third-order valence-electron chi connectivity index (χ3n) is 4.63. The van der Waals surface area contributed by atoms with Crippen LogP contribution in [0.3, 0.4) is 0 Å². The molecule has 0 aromatic carbocycles. The van der Waals surface area contributed by atoms with Crippen molar-refractivity contribution in [3.8, 4) is 0 Å². The van der Waals surface area contributed by atoms with E-state index in [0.717, 1.165) is 31.7 Å². The summed E-state index contributed by atoms with van der Waals surface area (Å²) in [4.78, 5) is 2.42. The molecule has 1 aliphatic carbocycles. The van der Waals surface area contributed by atoms with E-state index in [-0.39, 0.29) is 6.10 Å². The quantitative estimate of drug-likeness (QED) is 0.868. The Bertz CT molecular complexity index is 438. The highest BCUT2D eigenvalue weighted by atomic mass is 16.3. The molecule has 1 aliphatic heterocycles. The lowest BCUT2D eigenvalue weighted by atomic mass is 9.95. The number of aliphatic hydroxyl groups is 1. The molecule has 0 spiro atoms. The molecular weight excluding hydrogens is 224 g/mol. The van der Waals surface area contributed by atoms with Gasteiger partial charge in [-0.15, -0.1) is 0 Å². The lowest BCUT2D eigenvalue weighted by Crippen LogP contribution is -2.20. The summed E-state index contributed by atoms with van der Waals surface area (Å²) in [5.41, 5.74) is 3.93. The summed E-state index contributed by atoms with van der Waals surface area (Å²) in [5, 5.41) is 10.1. The first-order valence-corrected chi connectivity index (χ1v) is 7.20. The van der Waals surface area contributed by atoms with Crippen LogP contribution in [0.15, 0.2) is 6.07 Å². The standard InChI is InChI=1S/C15H24N2O/c1-11-8-13-14(4-3-5-15(13)18)17(11)10-12-6-7-16(2)9-12/h8,12,15,18H,3-7,9-10H2,1-2H3. The molecule has 2 heterocycles. The Kier molecular flexibility index (Phi) is 3.20. The van der Waals surface area contributed by atoms with Crippen molar-refractivity contribution in [2.75, 3.05) is 20.1 Å². The van der Waals surface area contributed by atoms with Gasteiger partial charge < -0.3 is 14.6 Å². The van der Waals surface area contributed by atoms with Gasteiger partial charge in [-0.1, -0.05) is 0 Å². The smallest absolute Gasteiger partial charge is 0.0807 e. The van der Waals surface area contributed by atoms with E-state index >= 15 is 0 Å². The average Bonchev–Trinajstić information content (AvgIpc) is 2.87. The molecule has 2 unspecified atom stereocenters. The van der Waals surface area contributed by atoms with Crippen molar-refractivity contribution < 1.29 is 5.11 Å². The molecule has 1 aromatic rings. The lowest BCUT2D eigenvalue weighted by molar-refractivity contribution is 0.155. The van der Waals surface area contributed by atoms with Crippen molar-refractivity contribution >= 4 is 0 Å².